The van der Waals surface area contributed by atoms with Gasteiger partial charge in [-0.25, -0.2) is 4.98 Å². The van der Waals surface area contributed by atoms with Crippen molar-refractivity contribution in [2.75, 3.05) is 23.4 Å². The van der Waals surface area contributed by atoms with E-state index < -0.39 is 0 Å². The molecular weight excluding hydrogens is 422 g/mol. The molecule has 0 aliphatic heterocycles. The molecule has 4 rings (SSSR count). The van der Waals surface area contributed by atoms with E-state index in [-0.39, 0.29) is 5.95 Å². The zero-order valence-corrected chi connectivity index (χ0v) is 18.9. The molecule has 1 fully saturated rings. The predicted octanol–water partition coefficient (Wildman–Crippen LogP) is 5.67. The number of anilines is 3. The third kappa shape index (κ3) is 5.90. The molecule has 7 heteroatoms. The van der Waals surface area contributed by atoms with Gasteiger partial charge in [-0.1, -0.05) is 55.1 Å². The molecule has 6 nitrogen and oxygen atoms in total. The van der Waals surface area contributed by atoms with Crippen LogP contribution in [0, 0.1) is 5.92 Å². The van der Waals surface area contributed by atoms with Crippen LogP contribution in [-0.2, 0) is 17.9 Å². The van der Waals surface area contributed by atoms with Gasteiger partial charge in [-0.2, -0.15) is 4.98 Å². The van der Waals surface area contributed by atoms with Gasteiger partial charge in [0.25, 0.3) is 0 Å². The molecule has 0 amide bonds. The Morgan fingerprint density at radius 1 is 0.938 bits per heavy atom. The zero-order valence-electron chi connectivity index (χ0n) is 18.2. The number of aromatic nitrogens is 2. The summed E-state index contributed by atoms with van der Waals surface area (Å²) in [7, 11) is 0. The van der Waals surface area contributed by atoms with E-state index in [9.17, 15) is 0 Å². The van der Waals surface area contributed by atoms with Crippen molar-refractivity contribution in [1.82, 2.24) is 9.97 Å². The van der Waals surface area contributed by atoms with Gasteiger partial charge in [0.1, 0.15) is 5.82 Å². The number of ether oxygens (including phenoxy) is 1. The molecule has 1 aromatic heterocycles. The Morgan fingerprint density at radius 2 is 1.66 bits per heavy atom. The first-order valence-corrected chi connectivity index (χ1v) is 11.5. The Balaban J connectivity index is 1.43. The number of benzene rings is 2. The average Bonchev–Trinajstić information content (AvgIpc) is 2.80. The van der Waals surface area contributed by atoms with E-state index in [0.29, 0.717) is 24.9 Å². The summed E-state index contributed by atoms with van der Waals surface area (Å²) < 4.78 is 6.03. The molecule has 1 saturated carbocycles. The minimum Gasteiger partial charge on any atom is -0.383 e. The van der Waals surface area contributed by atoms with Gasteiger partial charge in [0.2, 0.25) is 5.95 Å². The Hall–Kier alpha value is -2.83. The van der Waals surface area contributed by atoms with E-state index in [0.717, 1.165) is 39.7 Å². The molecule has 0 radical (unpaired) electrons. The van der Waals surface area contributed by atoms with Crippen LogP contribution >= 0.6 is 11.6 Å². The molecule has 0 saturated heterocycles. The molecule has 0 spiro atoms. The maximum atomic E-state index is 6.24. The third-order valence-electron chi connectivity index (χ3n) is 5.93. The Kier molecular flexibility index (Phi) is 7.45. The van der Waals surface area contributed by atoms with Crippen LogP contribution in [0.15, 0.2) is 48.5 Å². The lowest BCUT2D eigenvalue weighted by atomic mass is 9.90. The summed E-state index contributed by atoms with van der Waals surface area (Å²) >= 11 is 5.95. The van der Waals surface area contributed by atoms with Crippen molar-refractivity contribution in [3.05, 3.63) is 64.8 Å². The van der Waals surface area contributed by atoms with Crippen molar-refractivity contribution < 1.29 is 4.74 Å². The highest BCUT2D eigenvalue weighted by atomic mass is 35.5. The van der Waals surface area contributed by atoms with Crippen LogP contribution in [0.2, 0.25) is 5.02 Å². The molecule has 0 bridgehead atoms. The molecular formula is C25H30ClN5O. The van der Waals surface area contributed by atoms with E-state index in [1.54, 1.807) is 0 Å². The lowest BCUT2D eigenvalue weighted by Crippen LogP contribution is -2.14. The van der Waals surface area contributed by atoms with E-state index in [1.807, 2.05) is 48.5 Å². The highest BCUT2D eigenvalue weighted by molar-refractivity contribution is 6.30. The predicted molar refractivity (Wildman–Crippen MR) is 131 cm³/mol. The lowest BCUT2D eigenvalue weighted by Gasteiger charge is -2.21. The Morgan fingerprint density at radius 3 is 2.38 bits per heavy atom. The van der Waals surface area contributed by atoms with Crippen molar-refractivity contribution in [2.24, 2.45) is 5.92 Å². The normalized spacial score (nSPS) is 14.4. The van der Waals surface area contributed by atoms with Crippen LogP contribution in [0.4, 0.5) is 17.5 Å². The van der Waals surface area contributed by atoms with Crippen LogP contribution in [0.3, 0.4) is 0 Å². The molecule has 0 atom stereocenters. The molecule has 1 heterocycles. The second-order valence-corrected chi connectivity index (χ2v) is 8.80. The SMILES string of the molecule is Nc1nc(N)c(-c2ccc(NCc3ccc(Cl)cc3)cc2)c(COCC2CCCCC2)n1. The number of hydrogen-bond acceptors (Lipinski definition) is 6. The smallest absolute Gasteiger partial charge is 0.222 e. The minimum absolute atomic E-state index is 0.170. The van der Waals surface area contributed by atoms with E-state index in [4.69, 9.17) is 27.8 Å². The van der Waals surface area contributed by atoms with Gasteiger partial charge < -0.3 is 21.5 Å². The molecule has 5 N–H and O–H groups in total. The van der Waals surface area contributed by atoms with Crippen molar-refractivity contribution in [3.8, 4) is 11.1 Å². The van der Waals surface area contributed by atoms with Gasteiger partial charge in [0.05, 0.1) is 12.3 Å². The summed E-state index contributed by atoms with van der Waals surface area (Å²) in [5.74, 6) is 1.18. The number of nitrogens with one attached hydrogen (secondary N) is 1. The van der Waals surface area contributed by atoms with Gasteiger partial charge in [-0.15, -0.1) is 0 Å². The van der Waals surface area contributed by atoms with E-state index >= 15 is 0 Å². The standard InChI is InChI=1S/C25H30ClN5O/c26-20-10-6-17(7-11-20)14-29-21-12-8-19(9-13-21)23-22(30-25(28)31-24(23)27)16-32-15-18-4-2-1-3-5-18/h6-13,18,29H,1-5,14-16H2,(H4,27,28,30,31). The molecule has 0 unspecified atom stereocenters. The molecule has 1 aliphatic rings. The number of rotatable bonds is 8. The summed E-state index contributed by atoms with van der Waals surface area (Å²) in [5.41, 5.74) is 16.7. The van der Waals surface area contributed by atoms with E-state index in [1.165, 1.54) is 32.1 Å². The maximum Gasteiger partial charge on any atom is 0.222 e. The maximum absolute atomic E-state index is 6.24. The van der Waals surface area contributed by atoms with Crippen LogP contribution < -0.4 is 16.8 Å². The summed E-state index contributed by atoms with van der Waals surface area (Å²) in [6.45, 7) is 1.83. The second kappa shape index (κ2) is 10.7. The van der Waals surface area contributed by atoms with Crippen molar-refractivity contribution in [2.45, 2.75) is 45.3 Å². The number of nitrogens with two attached hydrogens (primary N) is 2. The third-order valence-corrected chi connectivity index (χ3v) is 6.18. The molecule has 1 aliphatic carbocycles. The fourth-order valence-corrected chi connectivity index (χ4v) is 4.33. The summed E-state index contributed by atoms with van der Waals surface area (Å²) in [6.07, 6.45) is 6.41. The van der Waals surface area contributed by atoms with Crippen LogP contribution in [-0.4, -0.2) is 16.6 Å². The van der Waals surface area contributed by atoms with Crippen LogP contribution in [0.25, 0.3) is 11.1 Å². The fourth-order valence-electron chi connectivity index (χ4n) is 4.20. The molecule has 168 valence electrons. The molecule has 32 heavy (non-hydrogen) atoms. The summed E-state index contributed by atoms with van der Waals surface area (Å²) in [4.78, 5) is 8.61. The minimum atomic E-state index is 0.170. The summed E-state index contributed by atoms with van der Waals surface area (Å²) in [5, 5.41) is 4.15. The van der Waals surface area contributed by atoms with Crippen LogP contribution in [0.5, 0.6) is 0 Å². The molecule has 3 aromatic rings. The lowest BCUT2D eigenvalue weighted by molar-refractivity contribution is 0.0723. The highest BCUT2D eigenvalue weighted by Gasteiger charge is 2.17. The number of halogens is 1. The van der Waals surface area contributed by atoms with Gasteiger partial charge in [0, 0.05) is 29.4 Å². The van der Waals surface area contributed by atoms with Crippen molar-refractivity contribution in [3.63, 3.8) is 0 Å². The van der Waals surface area contributed by atoms with Crippen LogP contribution in [0.1, 0.15) is 43.4 Å². The average molecular weight is 452 g/mol. The summed E-state index contributed by atoms with van der Waals surface area (Å²) in [6, 6.07) is 15.9. The van der Waals surface area contributed by atoms with Gasteiger partial charge in [0.15, 0.2) is 0 Å². The Labute approximate surface area is 194 Å². The number of nitrogen functional groups attached to an aromatic ring is 2. The Bertz CT molecular complexity index is 1020. The highest BCUT2D eigenvalue weighted by Crippen LogP contribution is 2.30. The van der Waals surface area contributed by atoms with E-state index in [2.05, 4.69) is 15.3 Å². The number of hydrogen-bond donors (Lipinski definition) is 3. The largest absolute Gasteiger partial charge is 0.383 e. The van der Waals surface area contributed by atoms with Gasteiger partial charge in [-0.3, -0.25) is 0 Å². The second-order valence-electron chi connectivity index (χ2n) is 8.37. The first-order chi connectivity index (χ1) is 15.6. The first-order valence-electron chi connectivity index (χ1n) is 11.2. The molecule has 2 aromatic carbocycles. The number of nitrogens with zero attached hydrogens (tertiary/aromatic N) is 2. The van der Waals surface area contributed by atoms with Gasteiger partial charge >= 0.3 is 0 Å². The zero-order chi connectivity index (χ0) is 22.3. The first kappa shape index (κ1) is 22.4. The quantitative estimate of drug-likeness (QED) is 0.408. The fraction of sp³-hybridized carbons (Fsp3) is 0.360. The van der Waals surface area contributed by atoms with Crippen molar-refractivity contribution in [1.29, 1.82) is 0 Å². The van der Waals surface area contributed by atoms with Crippen molar-refractivity contribution >= 4 is 29.1 Å². The topological polar surface area (TPSA) is 99.1 Å². The van der Waals surface area contributed by atoms with Gasteiger partial charge in [-0.05, 0) is 54.2 Å². The monoisotopic (exact) mass is 451 g/mol.